The van der Waals surface area contributed by atoms with Crippen LogP contribution in [0.5, 0.6) is 0 Å². The van der Waals surface area contributed by atoms with Crippen LogP contribution in [0, 0.1) is 0 Å². The number of quaternary nitrogens is 2. The third-order valence-corrected chi connectivity index (χ3v) is 6.91. The molecular formula is C27H61Br2N3. The highest BCUT2D eigenvalue weighted by Gasteiger charge is 2.18. The van der Waals surface area contributed by atoms with Crippen molar-refractivity contribution in [3.05, 3.63) is 0 Å². The summed E-state index contributed by atoms with van der Waals surface area (Å²) in [6, 6.07) is 0. The molecule has 0 aliphatic carbocycles. The summed E-state index contributed by atoms with van der Waals surface area (Å²) in [6.45, 7) is 12.3. The summed E-state index contributed by atoms with van der Waals surface area (Å²) in [6.07, 6.45) is 19.8. The Bertz CT molecular complexity index is 342. The Morgan fingerprint density at radius 2 is 0.719 bits per heavy atom. The van der Waals surface area contributed by atoms with E-state index in [-0.39, 0.29) is 34.0 Å². The number of likely N-dealkylation sites (N-methyl/N-ethyl adjacent to an activating group) is 3. The number of hydrogen-bond donors (Lipinski definition) is 0. The summed E-state index contributed by atoms with van der Waals surface area (Å²) in [5.41, 5.74) is 0. The van der Waals surface area contributed by atoms with E-state index in [0.717, 1.165) is 0 Å². The van der Waals surface area contributed by atoms with Crippen LogP contribution >= 0.6 is 0 Å². The van der Waals surface area contributed by atoms with Crippen molar-refractivity contribution in [2.75, 3.05) is 74.5 Å². The molecule has 5 heteroatoms. The molecule has 0 N–H and O–H groups in total. The molecular weight excluding hydrogens is 526 g/mol. The second-order valence-corrected chi connectivity index (χ2v) is 11.3. The molecule has 0 atom stereocenters. The van der Waals surface area contributed by atoms with Crippen LogP contribution in [-0.4, -0.2) is 88.4 Å². The third-order valence-electron chi connectivity index (χ3n) is 6.91. The largest absolute Gasteiger partial charge is 1.00 e. The highest BCUT2D eigenvalue weighted by molar-refractivity contribution is 4.53. The topological polar surface area (TPSA) is 3.24 Å². The van der Waals surface area contributed by atoms with E-state index in [1.54, 1.807) is 0 Å². The fraction of sp³-hybridized carbons (Fsp3) is 1.00. The number of unbranched alkanes of at least 4 members (excludes halogenated alkanes) is 12. The van der Waals surface area contributed by atoms with Crippen molar-refractivity contribution in [2.45, 2.75) is 104 Å². The van der Waals surface area contributed by atoms with Crippen LogP contribution in [0.4, 0.5) is 0 Å². The molecule has 0 heterocycles. The Morgan fingerprint density at radius 3 is 1.03 bits per heavy atom. The fourth-order valence-electron chi connectivity index (χ4n) is 4.21. The van der Waals surface area contributed by atoms with E-state index in [2.05, 4.69) is 54.0 Å². The first-order chi connectivity index (χ1) is 14.2. The van der Waals surface area contributed by atoms with Gasteiger partial charge >= 0.3 is 0 Å². The van der Waals surface area contributed by atoms with Gasteiger partial charge in [0.15, 0.2) is 0 Å². The predicted octanol–water partition coefficient (Wildman–Crippen LogP) is 0.580. The summed E-state index contributed by atoms with van der Waals surface area (Å²) >= 11 is 0. The maximum Gasteiger partial charge on any atom is 0.0911 e. The van der Waals surface area contributed by atoms with Gasteiger partial charge in [-0.25, -0.2) is 0 Å². The molecule has 0 aromatic heterocycles. The quantitative estimate of drug-likeness (QED) is 0.132. The Hall–Kier alpha value is 0.840. The number of hydrogen-bond acceptors (Lipinski definition) is 1. The maximum absolute atomic E-state index is 2.56. The lowest BCUT2D eigenvalue weighted by Gasteiger charge is -2.34. The molecule has 0 amide bonds. The smallest absolute Gasteiger partial charge is 0.0911 e. The van der Waals surface area contributed by atoms with Crippen LogP contribution in [0.15, 0.2) is 0 Å². The number of rotatable bonds is 22. The van der Waals surface area contributed by atoms with Crippen molar-refractivity contribution in [3.8, 4) is 0 Å². The SMILES string of the molecule is CCCCCCCCC[N+](C)(C)CCN(C)CC[N+](C)(C)CCCCCCCCC.[Br-].[Br-]. The summed E-state index contributed by atoms with van der Waals surface area (Å²) in [4.78, 5) is 2.56. The van der Waals surface area contributed by atoms with Gasteiger partial charge < -0.3 is 42.9 Å². The van der Waals surface area contributed by atoms with Gasteiger partial charge in [-0.15, -0.1) is 0 Å². The van der Waals surface area contributed by atoms with Crippen LogP contribution in [0.25, 0.3) is 0 Å². The van der Waals surface area contributed by atoms with Gasteiger partial charge in [-0.3, -0.25) is 4.90 Å². The maximum atomic E-state index is 2.56. The minimum absolute atomic E-state index is 0. The van der Waals surface area contributed by atoms with Crippen LogP contribution in [0.3, 0.4) is 0 Å². The normalized spacial score (nSPS) is 12.0. The van der Waals surface area contributed by atoms with Crippen molar-refractivity contribution in [2.24, 2.45) is 0 Å². The van der Waals surface area contributed by atoms with Crippen molar-refractivity contribution in [1.82, 2.24) is 4.90 Å². The molecule has 0 spiro atoms. The monoisotopic (exact) mass is 585 g/mol. The molecule has 3 nitrogen and oxygen atoms in total. The first-order valence-corrected chi connectivity index (χ1v) is 13.5. The summed E-state index contributed by atoms with van der Waals surface area (Å²) in [5, 5.41) is 0. The van der Waals surface area contributed by atoms with Crippen LogP contribution < -0.4 is 34.0 Å². The Labute approximate surface area is 225 Å². The molecule has 0 aliphatic heterocycles. The molecule has 32 heavy (non-hydrogen) atoms. The lowest BCUT2D eigenvalue weighted by molar-refractivity contribution is -0.892. The second kappa shape index (κ2) is 23.6. The van der Waals surface area contributed by atoms with Gasteiger partial charge in [0.05, 0.1) is 54.4 Å². The Kier molecular flexibility index (Phi) is 27.5. The average Bonchev–Trinajstić information content (AvgIpc) is 2.69. The van der Waals surface area contributed by atoms with Gasteiger partial charge in [-0.2, -0.15) is 0 Å². The summed E-state index contributed by atoms with van der Waals surface area (Å²) in [7, 11) is 12.0. The summed E-state index contributed by atoms with van der Waals surface area (Å²) in [5.74, 6) is 0. The van der Waals surface area contributed by atoms with Crippen molar-refractivity contribution in [1.29, 1.82) is 0 Å². The van der Waals surface area contributed by atoms with Crippen LogP contribution in [0.1, 0.15) is 104 Å². The van der Waals surface area contributed by atoms with Crippen molar-refractivity contribution < 1.29 is 42.9 Å². The molecule has 0 unspecified atom stereocenters. The van der Waals surface area contributed by atoms with E-state index in [1.807, 2.05) is 0 Å². The van der Waals surface area contributed by atoms with Crippen LogP contribution in [-0.2, 0) is 0 Å². The zero-order chi connectivity index (χ0) is 22.7. The molecule has 0 aromatic carbocycles. The summed E-state index contributed by atoms with van der Waals surface area (Å²) < 4.78 is 2.35. The van der Waals surface area contributed by atoms with E-state index in [4.69, 9.17) is 0 Å². The number of halogens is 2. The third kappa shape index (κ3) is 25.5. The molecule has 0 radical (unpaired) electrons. The molecule has 0 aromatic rings. The van der Waals surface area contributed by atoms with Gasteiger partial charge in [0.25, 0.3) is 0 Å². The molecule has 0 aliphatic rings. The molecule has 0 rings (SSSR count). The van der Waals surface area contributed by atoms with E-state index >= 15 is 0 Å². The van der Waals surface area contributed by atoms with Crippen molar-refractivity contribution in [3.63, 3.8) is 0 Å². The standard InChI is InChI=1S/C27H61N3.2BrH/c1-8-10-12-14-16-18-20-24-29(4,5)26-22-28(3)23-27-30(6,7)25-21-19-17-15-13-11-9-2;;/h8-27H2,1-7H3;2*1H/q+2;;/p-2. The minimum atomic E-state index is 0. The zero-order valence-corrected chi connectivity index (χ0v) is 26.4. The van der Waals surface area contributed by atoms with Gasteiger partial charge in [0.2, 0.25) is 0 Å². The molecule has 0 fully saturated rings. The molecule has 0 saturated heterocycles. The number of nitrogens with zero attached hydrogens (tertiary/aromatic N) is 3. The second-order valence-electron chi connectivity index (χ2n) is 11.3. The molecule has 0 bridgehead atoms. The van der Waals surface area contributed by atoms with E-state index in [9.17, 15) is 0 Å². The zero-order valence-electron chi connectivity index (χ0n) is 23.2. The lowest BCUT2D eigenvalue weighted by Crippen LogP contribution is -3.00. The highest BCUT2D eigenvalue weighted by Crippen LogP contribution is 2.11. The Balaban J connectivity index is -0.00000420. The lowest BCUT2D eigenvalue weighted by atomic mass is 10.1. The van der Waals surface area contributed by atoms with Gasteiger partial charge in [0, 0.05) is 13.1 Å². The van der Waals surface area contributed by atoms with Crippen LogP contribution in [0.2, 0.25) is 0 Å². The van der Waals surface area contributed by atoms with E-state index in [0.29, 0.717) is 0 Å². The van der Waals surface area contributed by atoms with Gasteiger partial charge in [-0.05, 0) is 32.7 Å². The van der Waals surface area contributed by atoms with Gasteiger partial charge in [-0.1, -0.05) is 78.1 Å². The van der Waals surface area contributed by atoms with E-state index in [1.165, 1.54) is 138 Å². The predicted molar refractivity (Wildman–Crippen MR) is 137 cm³/mol. The van der Waals surface area contributed by atoms with Crippen molar-refractivity contribution >= 4 is 0 Å². The molecule has 0 saturated carbocycles. The van der Waals surface area contributed by atoms with Gasteiger partial charge in [0.1, 0.15) is 0 Å². The first kappa shape index (κ1) is 37.4. The minimum Gasteiger partial charge on any atom is -1.00 e. The fourth-order valence-corrected chi connectivity index (χ4v) is 4.21. The first-order valence-electron chi connectivity index (χ1n) is 13.5. The highest BCUT2D eigenvalue weighted by atomic mass is 79.9. The molecule has 198 valence electrons. The van der Waals surface area contributed by atoms with E-state index < -0.39 is 0 Å². The Morgan fingerprint density at radius 1 is 0.438 bits per heavy atom. The average molecular weight is 588 g/mol.